The zero-order valence-electron chi connectivity index (χ0n) is 11.2. The van der Waals surface area contributed by atoms with Crippen molar-refractivity contribution < 1.29 is 0 Å². The zero-order chi connectivity index (χ0) is 12.8. The molecule has 0 amide bonds. The number of imidazole rings is 1. The lowest BCUT2D eigenvalue weighted by molar-refractivity contribution is 0.823. The summed E-state index contributed by atoms with van der Waals surface area (Å²) in [5.41, 5.74) is 2.52. The Balaban J connectivity index is 2.19. The molecule has 0 atom stereocenters. The maximum Gasteiger partial charge on any atom is 0.207 e. The van der Waals surface area contributed by atoms with Gasteiger partial charge < -0.3 is 5.32 Å². The summed E-state index contributed by atoms with van der Waals surface area (Å²) in [7, 11) is 0. The van der Waals surface area contributed by atoms with E-state index >= 15 is 0 Å². The summed E-state index contributed by atoms with van der Waals surface area (Å²) in [5.74, 6) is 0.928. The second-order valence-corrected chi connectivity index (χ2v) is 4.42. The van der Waals surface area contributed by atoms with Gasteiger partial charge >= 0.3 is 0 Å². The van der Waals surface area contributed by atoms with Crippen LogP contribution in [0.25, 0.3) is 5.69 Å². The summed E-state index contributed by atoms with van der Waals surface area (Å²) >= 11 is 0. The highest BCUT2D eigenvalue weighted by atomic mass is 15.2. The highest BCUT2D eigenvalue weighted by molar-refractivity contribution is 5.43. The van der Waals surface area contributed by atoms with Crippen molar-refractivity contribution in [1.82, 2.24) is 9.55 Å². The molecule has 0 spiro atoms. The molecule has 0 aliphatic carbocycles. The molecule has 2 rings (SSSR count). The normalized spacial score (nSPS) is 10.6. The lowest BCUT2D eigenvalue weighted by Crippen LogP contribution is -2.07. The molecular formula is C15H21N3. The Morgan fingerprint density at radius 2 is 2.17 bits per heavy atom. The molecule has 2 aromatic rings. The Labute approximate surface area is 109 Å². The zero-order valence-corrected chi connectivity index (χ0v) is 11.2. The van der Waals surface area contributed by atoms with Gasteiger partial charge in [0.25, 0.3) is 0 Å². The van der Waals surface area contributed by atoms with Gasteiger partial charge in [-0.2, -0.15) is 0 Å². The van der Waals surface area contributed by atoms with Gasteiger partial charge in [0.15, 0.2) is 0 Å². The first-order chi connectivity index (χ1) is 8.85. The number of nitrogens with zero attached hydrogens (tertiary/aromatic N) is 2. The molecule has 1 heterocycles. The van der Waals surface area contributed by atoms with E-state index < -0.39 is 0 Å². The Morgan fingerprint density at radius 1 is 1.28 bits per heavy atom. The highest BCUT2D eigenvalue weighted by Gasteiger charge is 2.04. The lowest BCUT2D eigenvalue weighted by Gasteiger charge is -2.10. The standard InChI is InChI=1S/C15H21N3/c1-3-5-9-16-15-17-10-11-18(15)14-8-6-7-13(4-2)12-14/h6-8,10-12H,3-5,9H2,1-2H3,(H,16,17). The summed E-state index contributed by atoms with van der Waals surface area (Å²) in [5, 5.41) is 3.38. The van der Waals surface area contributed by atoms with E-state index in [9.17, 15) is 0 Å². The Hall–Kier alpha value is -1.77. The van der Waals surface area contributed by atoms with Gasteiger partial charge in [0.1, 0.15) is 0 Å². The number of unbranched alkanes of at least 4 members (excludes halogenated alkanes) is 1. The molecule has 0 bridgehead atoms. The molecule has 1 aromatic carbocycles. The van der Waals surface area contributed by atoms with Crippen LogP contribution in [-0.2, 0) is 6.42 Å². The van der Waals surface area contributed by atoms with Crippen molar-refractivity contribution in [3.05, 3.63) is 42.2 Å². The summed E-state index contributed by atoms with van der Waals surface area (Å²) in [6.45, 7) is 5.34. The van der Waals surface area contributed by atoms with Gasteiger partial charge in [0, 0.05) is 24.6 Å². The monoisotopic (exact) mass is 243 g/mol. The lowest BCUT2D eigenvalue weighted by atomic mass is 10.1. The maximum absolute atomic E-state index is 4.37. The minimum Gasteiger partial charge on any atom is -0.355 e. The first kappa shape index (κ1) is 12.7. The Kier molecular flexibility index (Phi) is 4.40. The second-order valence-electron chi connectivity index (χ2n) is 4.42. The van der Waals surface area contributed by atoms with Crippen molar-refractivity contribution >= 4 is 5.95 Å². The van der Waals surface area contributed by atoms with Crippen LogP contribution in [0.4, 0.5) is 5.95 Å². The average molecular weight is 243 g/mol. The van der Waals surface area contributed by atoms with Crippen LogP contribution in [0.5, 0.6) is 0 Å². The number of aromatic nitrogens is 2. The third-order valence-corrected chi connectivity index (χ3v) is 3.05. The number of nitrogens with one attached hydrogen (secondary N) is 1. The van der Waals surface area contributed by atoms with E-state index in [2.05, 4.69) is 53.0 Å². The number of anilines is 1. The van der Waals surface area contributed by atoms with Gasteiger partial charge in [-0.15, -0.1) is 0 Å². The molecule has 0 aliphatic heterocycles. The van der Waals surface area contributed by atoms with Crippen LogP contribution in [-0.4, -0.2) is 16.1 Å². The maximum atomic E-state index is 4.37. The van der Waals surface area contributed by atoms with Crippen LogP contribution in [0.2, 0.25) is 0 Å². The van der Waals surface area contributed by atoms with Crippen LogP contribution in [0.15, 0.2) is 36.7 Å². The van der Waals surface area contributed by atoms with Crippen molar-refractivity contribution in [3.8, 4) is 5.69 Å². The molecule has 0 saturated carbocycles. The first-order valence-corrected chi connectivity index (χ1v) is 6.71. The van der Waals surface area contributed by atoms with Crippen LogP contribution < -0.4 is 5.32 Å². The van der Waals surface area contributed by atoms with E-state index in [1.54, 1.807) is 0 Å². The Bertz CT molecular complexity index is 488. The van der Waals surface area contributed by atoms with Crippen LogP contribution in [0.3, 0.4) is 0 Å². The SMILES string of the molecule is CCCCNc1nccn1-c1cccc(CC)c1. The molecule has 0 fully saturated rings. The number of aryl methyl sites for hydroxylation is 1. The molecular weight excluding hydrogens is 222 g/mol. The van der Waals surface area contributed by atoms with Gasteiger partial charge in [-0.3, -0.25) is 4.57 Å². The van der Waals surface area contributed by atoms with E-state index in [0.717, 1.165) is 18.9 Å². The summed E-state index contributed by atoms with van der Waals surface area (Å²) in [4.78, 5) is 4.37. The summed E-state index contributed by atoms with van der Waals surface area (Å²) in [6, 6.07) is 8.59. The molecule has 0 saturated heterocycles. The van der Waals surface area contributed by atoms with Crippen molar-refractivity contribution in [2.24, 2.45) is 0 Å². The van der Waals surface area contributed by atoms with E-state index in [4.69, 9.17) is 0 Å². The van der Waals surface area contributed by atoms with Crippen molar-refractivity contribution in [1.29, 1.82) is 0 Å². The smallest absolute Gasteiger partial charge is 0.207 e. The minimum absolute atomic E-state index is 0.928. The molecule has 3 heteroatoms. The van der Waals surface area contributed by atoms with E-state index in [1.807, 2.05) is 12.4 Å². The van der Waals surface area contributed by atoms with E-state index in [0.29, 0.717) is 0 Å². The van der Waals surface area contributed by atoms with Crippen molar-refractivity contribution in [3.63, 3.8) is 0 Å². The third kappa shape index (κ3) is 2.92. The number of hydrogen-bond donors (Lipinski definition) is 1. The van der Waals surface area contributed by atoms with Crippen molar-refractivity contribution in [2.45, 2.75) is 33.1 Å². The van der Waals surface area contributed by atoms with Gasteiger partial charge in [0.2, 0.25) is 5.95 Å². The van der Waals surface area contributed by atoms with E-state index in [-0.39, 0.29) is 0 Å². The highest BCUT2D eigenvalue weighted by Crippen LogP contribution is 2.16. The van der Waals surface area contributed by atoms with Crippen LogP contribution in [0, 0.1) is 0 Å². The molecule has 3 nitrogen and oxygen atoms in total. The Morgan fingerprint density at radius 3 is 2.94 bits per heavy atom. The van der Waals surface area contributed by atoms with Crippen LogP contribution in [0.1, 0.15) is 32.3 Å². The molecule has 0 unspecified atom stereocenters. The summed E-state index contributed by atoms with van der Waals surface area (Å²) in [6.07, 6.45) is 7.26. The topological polar surface area (TPSA) is 29.9 Å². The van der Waals surface area contributed by atoms with Gasteiger partial charge in [-0.25, -0.2) is 4.98 Å². The molecule has 1 N–H and O–H groups in total. The number of benzene rings is 1. The number of rotatable bonds is 6. The fourth-order valence-electron chi connectivity index (χ4n) is 1.95. The fourth-order valence-corrected chi connectivity index (χ4v) is 1.95. The largest absolute Gasteiger partial charge is 0.355 e. The van der Waals surface area contributed by atoms with Gasteiger partial charge in [-0.05, 0) is 30.5 Å². The predicted octanol–water partition coefficient (Wildman–Crippen LogP) is 3.65. The second kappa shape index (κ2) is 6.24. The molecule has 0 aliphatic rings. The molecule has 0 radical (unpaired) electrons. The van der Waals surface area contributed by atoms with E-state index in [1.165, 1.54) is 24.1 Å². The number of hydrogen-bond acceptors (Lipinski definition) is 2. The quantitative estimate of drug-likeness (QED) is 0.785. The fraction of sp³-hybridized carbons (Fsp3) is 0.400. The molecule has 96 valence electrons. The van der Waals surface area contributed by atoms with Crippen LogP contribution >= 0.6 is 0 Å². The summed E-state index contributed by atoms with van der Waals surface area (Å²) < 4.78 is 2.11. The molecule has 1 aromatic heterocycles. The minimum atomic E-state index is 0.928. The molecule has 18 heavy (non-hydrogen) atoms. The third-order valence-electron chi connectivity index (χ3n) is 3.05. The van der Waals surface area contributed by atoms with Crippen molar-refractivity contribution in [2.75, 3.05) is 11.9 Å². The first-order valence-electron chi connectivity index (χ1n) is 6.71. The average Bonchev–Trinajstić information content (AvgIpc) is 2.87. The predicted molar refractivity (Wildman–Crippen MR) is 76.3 cm³/mol. The van der Waals surface area contributed by atoms with Gasteiger partial charge in [-0.1, -0.05) is 32.4 Å². The van der Waals surface area contributed by atoms with Gasteiger partial charge in [0.05, 0.1) is 0 Å².